The van der Waals surface area contributed by atoms with Crippen molar-refractivity contribution in [2.75, 3.05) is 18.5 Å². The Kier molecular flexibility index (Phi) is 5.82. The lowest BCUT2D eigenvalue weighted by atomic mass is 10.1. The molecule has 0 saturated heterocycles. The number of fused-ring (bicyclic) bond motifs is 1. The summed E-state index contributed by atoms with van der Waals surface area (Å²) >= 11 is 0. The fourth-order valence-corrected chi connectivity index (χ4v) is 2.85. The largest absolute Gasteiger partial charge is 0.464 e. The van der Waals surface area contributed by atoms with E-state index in [2.05, 4.69) is 10.3 Å². The summed E-state index contributed by atoms with van der Waals surface area (Å²) in [5.74, 6) is -1.24. The second kappa shape index (κ2) is 8.46. The van der Waals surface area contributed by atoms with Crippen molar-refractivity contribution in [1.82, 2.24) is 9.88 Å². The van der Waals surface area contributed by atoms with Crippen LogP contribution in [0.3, 0.4) is 0 Å². The molecule has 0 radical (unpaired) electrons. The van der Waals surface area contributed by atoms with E-state index < -0.39 is 28.7 Å². The highest BCUT2D eigenvalue weighted by Gasteiger charge is 2.41. The molecule has 0 fully saturated rings. The fourth-order valence-electron chi connectivity index (χ4n) is 2.85. The maximum absolute atomic E-state index is 12.4. The molecule has 1 N–H and O–H groups in total. The van der Waals surface area contributed by atoms with Crippen molar-refractivity contribution in [2.24, 2.45) is 0 Å². The smallest absolute Gasteiger partial charge is 0.329 e. The number of ether oxygens (including phenoxy) is 1. The van der Waals surface area contributed by atoms with Crippen LogP contribution >= 0.6 is 0 Å². The monoisotopic (exact) mass is 398 g/mol. The lowest BCUT2D eigenvalue weighted by Crippen LogP contribution is -2.43. The Morgan fingerprint density at radius 2 is 1.86 bits per heavy atom. The Hall–Kier alpha value is -3.82. The van der Waals surface area contributed by atoms with Crippen molar-refractivity contribution in [2.45, 2.75) is 19.4 Å². The summed E-state index contributed by atoms with van der Waals surface area (Å²) in [5, 5.41) is 13.5. The standard InChI is InChI=1S/C19H18N4O6/c1-12(22-17(24)14-5-2-3-6-15(14)18(22)25)19(26)29-10-4-9-20-16-8-7-13(11-21-16)23(27)28/h2-3,5-8,11-12H,4,9-10H2,1H3,(H,20,21). The maximum Gasteiger partial charge on any atom is 0.329 e. The minimum absolute atomic E-state index is 0.0757. The minimum Gasteiger partial charge on any atom is -0.464 e. The molecular formula is C19H18N4O6. The van der Waals surface area contributed by atoms with Gasteiger partial charge < -0.3 is 10.1 Å². The molecule has 1 aliphatic heterocycles. The number of imide groups is 1. The van der Waals surface area contributed by atoms with Crippen LogP contribution in [0.4, 0.5) is 11.5 Å². The van der Waals surface area contributed by atoms with Crippen molar-refractivity contribution in [3.8, 4) is 0 Å². The summed E-state index contributed by atoms with van der Waals surface area (Å²) in [6.45, 7) is 1.94. The van der Waals surface area contributed by atoms with E-state index >= 15 is 0 Å². The van der Waals surface area contributed by atoms with E-state index in [1.54, 1.807) is 24.3 Å². The highest BCUT2D eigenvalue weighted by molar-refractivity contribution is 6.22. The van der Waals surface area contributed by atoms with E-state index in [0.717, 1.165) is 11.1 Å². The van der Waals surface area contributed by atoms with Gasteiger partial charge in [-0.05, 0) is 31.5 Å². The Labute approximate surface area is 165 Å². The molecule has 2 heterocycles. The summed E-state index contributed by atoms with van der Waals surface area (Å²) in [6.07, 6.45) is 1.59. The average molecular weight is 398 g/mol. The molecule has 29 heavy (non-hydrogen) atoms. The number of rotatable bonds is 8. The minimum atomic E-state index is -1.04. The number of hydrogen-bond acceptors (Lipinski definition) is 8. The van der Waals surface area contributed by atoms with Crippen molar-refractivity contribution in [3.63, 3.8) is 0 Å². The van der Waals surface area contributed by atoms with Gasteiger partial charge in [0, 0.05) is 12.6 Å². The number of esters is 1. The molecule has 1 unspecified atom stereocenters. The fraction of sp³-hybridized carbons (Fsp3) is 0.263. The lowest BCUT2D eigenvalue weighted by molar-refractivity contribution is -0.385. The maximum atomic E-state index is 12.4. The first-order valence-electron chi connectivity index (χ1n) is 8.88. The molecule has 10 heteroatoms. The molecule has 2 aromatic rings. The van der Waals surface area contributed by atoms with Gasteiger partial charge >= 0.3 is 5.97 Å². The van der Waals surface area contributed by atoms with E-state index in [9.17, 15) is 24.5 Å². The number of carbonyl (C=O) groups excluding carboxylic acids is 3. The van der Waals surface area contributed by atoms with Gasteiger partial charge in [-0.3, -0.25) is 24.6 Å². The molecule has 1 aliphatic rings. The predicted octanol–water partition coefficient (Wildman–Crippen LogP) is 2.02. The van der Waals surface area contributed by atoms with Gasteiger partial charge in [0.2, 0.25) is 0 Å². The predicted molar refractivity (Wildman–Crippen MR) is 101 cm³/mol. The summed E-state index contributed by atoms with van der Waals surface area (Å²) < 4.78 is 5.17. The Bertz CT molecular complexity index is 924. The zero-order valence-corrected chi connectivity index (χ0v) is 15.5. The number of anilines is 1. The number of pyridine rings is 1. The molecule has 0 aliphatic carbocycles. The first-order valence-corrected chi connectivity index (χ1v) is 8.88. The number of amides is 2. The van der Waals surface area contributed by atoms with Crippen LogP contribution in [-0.2, 0) is 9.53 Å². The van der Waals surface area contributed by atoms with Crippen molar-refractivity contribution >= 4 is 29.3 Å². The quantitative estimate of drug-likeness (QED) is 0.235. The summed E-state index contributed by atoms with van der Waals surface area (Å²) in [4.78, 5) is 51.9. The molecule has 3 rings (SSSR count). The van der Waals surface area contributed by atoms with Gasteiger partial charge in [0.05, 0.1) is 22.7 Å². The zero-order valence-electron chi connectivity index (χ0n) is 15.5. The van der Waals surface area contributed by atoms with Gasteiger partial charge in [-0.1, -0.05) is 12.1 Å². The summed E-state index contributed by atoms with van der Waals surface area (Å²) in [6, 6.07) is 8.18. The van der Waals surface area contributed by atoms with Crippen LogP contribution < -0.4 is 5.32 Å². The molecular weight excluding hydrogens is 380 g/mol. The number of carbonyl (C=O) groups is 3. The first-order chi connectivity index (χ1) is 13.9. The molecule has 0 bridgehead atoms. The Morgan fingerprint density at radius 3 is 2.41 bits per heavy atom. The molecule has 1 aromatic heterocycles. The van der Waals surface area contributed by atoms with E-state index in [-0.39, 0.29) is 23.4 Å². The molecule has 150 valence electrons. The normalized spacial score (nSPS) is 13.8. The third-order valence-electron chi connectivity index (χ3n) is 4.38. The van der Waals surface area contributed by atoms with Crippen molar-refractivity contribution in [1.29, 1.82) is 0 Å². The van der Waals surface area contributed by atoms with Gasteiger partial charge in [-0.15, -0.1) is 0 Å². The van der Waals surface area contributed by atoms with Crippen molar-refractivity contribution < 1.29 is 24.0 Å². The molecule has 0 spiro atoms. The number of benzene rings is 1. The first kappa shape index (κ1) is 19.9. The average Bonchev–Trinajstić information content (AvgIpc) is 2.98. The summed E-state index contributed by atoms with van der Waals surface area (Å²) in [7, 11) is 0. The number of hydrogen-bond donors (Lipinski definition) is 1. The second-order valence-corrected chi connectivity index (χ2v) is 6.31. The van der Waals surface area contributed by atoms with Crippen LogP contribution in [0.2, 0.25) is 0 Å². The number of aromatic nitrogens is 1. The highest BCUT2D eigenvalue weighted by Crippen LogP contribution is 2.24. The molecule has 1 aromatic carbocycles. The zero-order chi connectivity index (χ0) is 21.0. The van der Waals surface area contributed by atoms with Crippen LogP contribution in [0.1, 0.15) is 34.1 Å². The van der Waals surface area contributed by atoms with E-state index in [1.807, 2.05) is 0 Å². The third kappa shape index (κ3) is 4.21. The van der Waals surface area contributed by atoms with Gasteiger partial charge in [0.15, 0.2) is 0 Å². The van der Waals surface area contributed by atoms with Crippen LogP contribution in [-0.4, -0.2) is 51.8 Å². The van der Waals surface area contributed by atoms with Gasteiger partial charge in [-0.25, -0.2) is 9.78 Å². The second-order valence-electron chi connectivity index (χ2n) is 6.31. The van der Waals surface area contributed by atoms with Gasteiger partial charge in [0.1, 0.15) is 18.1 Å². The molecule has 0 saturated carbocycles. The van der Waals surface area contributed by atoms with Crippen LogP contribution in [0.15, 0.2) is 42.6 Å². The number of nitro groups is 1. The van der Waals surface area contributed by atoms with Crippen LogP contribution in [0.25, 0.3) is 0 Å². The third-order valence-corrected chi connectivity index (χ3v) is 4.38. The Morgan fingerprint density at radius 1 is 1.21 bits per heavy atom. The van der Waals surface area contributed by atoms with Gasteiger partial charge in [0.25, 0.3) is 17.5 Å². The summed E-state index contributed by atoms with van der Waals surface area (Å²) in [5.41, 5.74) is 0.445. The van der Waals surface area contributed by atoms with E-state index in [1.165, 1.54) is 19.1 Å². The van der Waals surface area contributed by atoms with Gasteiger partial charge in [-0.2, -0.15) is 0 Å². The molecule has 2 amide bonds. The number of nitrogens with one attached hydrogen (secondary N) is 1. The van der Waals surface area contributed by atoms with Crippen LogP contribution in [0.5, 0.6) is 0 Å². The Balaban J connectivity index is 1.44. The van der Waals surface area contributed by atoms with Crippen molar-refractivity contribution in [3.05, 3.63) is 63.8 Å². The SMILES string of the molecule is CC(C(=O)OCCCNc1ccc([N+](=O)[O-])cn1)N1C(=O)c2ccccc2C1=O. The van der Waals surface area contributed by atoms with E-state index in [0.29, 0.717) is 18.8 Å². The highest BCUT2D eigenvalue weighted by atomic mass is 16.6. The molecule has 10 nitrogen and oxygen atoms in total. The van der Waals surface area contributed by atoms with Crippen LogP contribution in [0, 0.1) is 10.1 Å². The molecule has 1 atom stereocenters. The van der Waals surface area contributed by atoms with E-state index in [4.69, 9.17) is 4.74 Å². The topological polar surface area (TPSA) is 132 Å². The lowest BCUT2D eigenvalue weighted by Gasteiger charge is -2.20. The number of nitrogens with zero attached hydrogens (tertiary/aromatic N) is 3.